The van der Waals surface area contributed by atoms with E-state index in [1.165, 1.54) is 0 Å². The van der Waals surface area contributed by atoms with Crippen LogP contribution in [0.3, 0.4) is 0 Å². The summed E-state index contributed by atoms with van der Waals surface area (Å²) in [6, 6.07) is 6.99. The fourth-order valence-electron chi connectivity index (χ4n) is 3.06. The van der Waals surface area contributed by atoms with E-state index in [1.54, 1.807) is 24.3 Å². The molecule has 2 aliphatic heterocycles. The first-order valence-electron chi connectivity index (χ1n) is 6.90. The summed E-state index contributed by atoms with van der Waals surface area (Å²) in [7, 11) is 0. The molecule has 20 heavy (non-hydrogen) atoms. The quantitative estimate of drug-likeness (QED) is 0.861. The second-order valence-corrected chi connectivity index (χ2v) is 6.19. The van der Waals surface area contributed by atoms with E-state index in [2.05, 4.69) is 5.32 Å². The van der Waals surface area contributed by atoms with Crippen LogP contribution < -0.4 is 5.32 Å². The van der Waals surface area contributed by atoms with Gasteiger partial charge >= 0.3 is 0 Å². The Morgan fingerprint density at radius 2 is 1.85 bits per heavy atom. The predicted molar refractivity (Wildman–Crippen MR) is 76.6 cm³/mol. The number of benzene rings is 1. The van der Waals surface area contributed by atoms with Gasteiger partial charge < -0.3 is 10.2 Å². The van der Waals surface area contributed by atoms with Crippen LogP contribution in [0.25, 0.3) is 0 Å². The largest absolute Gasteiger partial charge is 0.356 e. The van der Waals surface area contributed by atoms with Crippen molar-refractivity contribution < 1.29 is 9.59 Å². The van der Waals surface area contributed by atoms with Gasteiger partial charge in [-0.05, 0) is 42.5 Å². The molecule has 0 radical (unpaired) electrons. The van der Waals surface area contributed by atoms with Crippen LogP contribution in [0.4, 0.5) is 0 Å². The molecular weight excluding hydrogens is 276 g/mol. The normalized spacial score (nSPS) is 21.1. The second kappa shape index (κ2) is 5.09. The van der Waals surface area contributed by atoms with E-state index in [4.69, 9.17) is 11.6 Å². The zero-order valence-electron chi connectivity index (χ0n) is 11.2. The molecule has 2 aliphatic rings. The number of halogens is 1. The van der Waals surface area contributed by atoms with Crippen molar-refractivity contribution in [2.24, 2.45) is 5.41 Å². The molecule has 2 amide bonds. The topological polar surface area (TPSA) is 49.4 Å². The van der Waals surface area contributed by atoms with Crippen molar-refractivity contribution in [3.63, 3.8) is 0 Å². The second-order valence-electron chi connectivity index (χ2n) is 5.75. The molecule has 1 N–H and O–H groups in total. The number of hydrogen-bond acceptors (Lipinski definition) is 2. The summed E-state index contributed by atoms with van der Waals surface area (Å²) in [4.78, 5) is 25.6. The Kier molecular flexibility index (Phi) is 3.42. The van der Waals surface area contributed by atoms with E-state index < -0.39 is 0 Å². The Balaban J connectivity index is 1.64. The van der Waals surface area contributed by atoms with Crippen molar-refractivity contribution in [1.82, 2.24) is 10.2 Å². The number of carbonyl (C=O) groups excluding carboxylic acids is 2. The first kappa shape index (κ1) is 13.4. The maximum atomic E-state index is 12.4. The summed E-state index contributed by atoms with van der Waals surface area (Å²) in [5.41, 5.74) is 0.749. The molecule has 1 aromatic carbocycles. The van der Waals surface area contributed by atoms with Gasteiger partial charge in [0.2, 0.25) is 5.91 Å². The molecule has 2 fully saturated rings. The number of piperidine rings is 1. The summed E-state index contributed by atoms with van der Waals surface area (Å²) in [5, 5.41) is 3.54. The Bertz CT molecular complexity index is 533. The third kappa shape index (κ3) is 2.52. The lowest BCUT2D eigenvalue weighted by Crippen LogP contribution is -2.44. The SMILES string of the molecule is O=C1CC2(CCN(C(=O)c3ccc(Cl)cc3)CC2)CN1. The molecule has 4 nitrogen and oxygen atoms in total. The molecule has 0 aromatic heterocycles. The number of rotatable bonds is 1. The lowest BCUT2D eigenvalue weighted by Gasteiger charge is -2.38. The smallest absolute Gasteiger partial charge is 0.253 e. The van der Waals surface area contributed by atoms with E-state index in [9.17, 15) is 9.59 Å². The van der Waals surface area contributed by atoms with Crippen LogP contribution in [0.1, 0.15) is 29.6 Å². The summed E-state index contributed by atoms with van der Waals surface area (Å²) in [5.74, 6) is 0.191. The molecule has 0 atom stereocenters. The molecule has 5 heteroatoms. The highest BCUT2D eigenvalue weighted by molar-refractivity contribution is 6.30. The number of amides is 2. The van der Waals surface area contributed by atoms with E-state index in [0.717, 1.165) is 32.5 Å². The van der Waals surface area contributed by atoms with Crippen molar-refractivity contribution in [2.45, 2.75) is 19.3 Å². The van der Waals surface area contributed by atoms with E-state index >= 15 is 0 Å². The highest BCUT2D eigenvalue weighted by Gasteiger charge is 2.41. The highest BCUT2D eigenvalue weighted by Crippen LogP contribution is 2.37. The molecule has 0 aliphatic carbocycles. The van der Waals surface area contributed by atoms with Crippen LogP contribution in [0, 0.1) is 5.41 Å². The minimum absolute atomic E-state index is 0.0498. The molecule has 0 bridgehead atoms. The zero-order chi connectivity index (χ0) is 14.2. The van der Waals surface area contributed by atoms with Crippen molar-refractivity contribution >= 4 is 23.4 Å². The molecule has 106 valence electrons. The number of nitrogens with one attached hydrogen (secondary N) is 1. The summed E-state index contributed by atoms with van der Waals surface area (Å²) in [6.07, 6.45) is 2.39. The van der Waals surface area contributed by atoms with E-state index in [0.29, 0.717) is 17.0 Å². The molecule has 0 saturated carbocycles. The molecule has 2 heterocycles. The van der Waals surface area contributed by atoms with Crippen LogP contribution in [0.5, 0.6) is 0 Å². The fourth-order valence-corrected chi connectivity index (χ4v) is 3.19. The summed E-state index contributed by atoms with van der Waals surface area (Å²) < 4.78 is 0. The Hall–Kier alpha value is -1.55. The number of carbonyl (C=O) groups is 2. The van der Waals surface area contributed by atoms with Crippen molar-refractivity contribution in [1.29, 1.82) is 0 Å². The highest BCUT2D eigenvalue weighted by atomic mass is 35.5. The van der Waals surface area contributed by atoms with Gasteiger partial charge in [0.1, 0.15) is 0 Å². The van der Waals surface area contributed by atoms with E-state index in [1.807, 2.05) is 4.90 Å². The van der Waals surface area contributed by atoms with Gasteiger partial charge in [-0.2, -0.15) is 0 Å². The molecule has 0 unspecified atom stereocenters. The first-order chi connectivity index (χ1) is 9.58. The van der Waals surface area contributed by atoms with Crippen molar-refractivity contribution in [3.05, 3.63) is 34.9 Å². The van der Waals surface area contributed by atoms with Crippen LogP contribution in [-0.2, 0) is 4.79 Å². The van der Waals surface area contributed by atoms with Gasteiger partial charge in [-0.3, -0.25) is 9.59 Å². The molecule has 1 aromatic rings. The third-order valence-corrected chi connectivity index (χ3v) is 4.65. The lowest BCUT2D eigenvalue weighted by molar-refractivity contribution is -0.119. The monoisotopic (exact) mass is 292 g/mol. The van der Waals surface area contributed by atoms with Gasteiger partial charge in [0.05, 0.1) is 0 Å². The molecular formula is C15H17ClN2O2. The third-order valence-electron chi connectivity index (χ3n) is 4.40. The van der Waals surface area contributed by atoms with Gasteiger partial charge in [0, 0.05) is 36.6 Å². The van der Waals surface area contributed by atoms with Crippen LogP contribution in [-0.4, -0.2) is 36.3 Å². The van der Waals surface area contributed by atoms with Crippen LogP contribution >= 0.6 is 11.6 Å². The van der Waals surface area contributed by atoms with Gasteiger partial charge in [0.15, 0.2) is 0 Å². The van der Waals surface area contributed by atoms with Crippen molar-refractivity contribution in [2.75, 3.05) is 19.6 Å². The van der Waals surface area contributed by atoms with Crippen LogP contribution in [0.2, 0.25) is 5.02 Å². The zero-order valence-corrected chi connectivity index (χ0v) is 11.9. The standard InChI is InChI=1S/C15H17ClN2O2/c16-12-3-1-11(2-4-12)14(20)18-7-5-15(6-8-18)9-13(19)17-10-15/h1-4H,5-10H2,(H,17,19). The molecule has 2 saturated heterocycles. The Morgan fingerprint density at radius 1 is 1.20 bits per heavy atom. The maximum Gasteiger partial charge on any atom is 0.253 e. The fraction of sp³-hybridized carbons (Fsp3) is 0.467. The van der Waals surface area contributed by atoms with E-state index in [-0.39, 0.29) is 17.2 Å². The lowest BCUT2D eigenvalue weighted by atomic mass is 9.77. The van der Waals surface area contributed by atoms with Gasteiger partial charge in [-0.25, -0.2) is 0 Å². The van der Waals surface area contributed by atoms with Gasteiger partial charge in [-0.1, -0.05) is 11.6 Å². The number of hydrogen-bond donors (Lipinski definition) is 1. The predicted octanol–water partition coefficient (Wildman–Crippen LogP) is 2.08. The van der Waals surface area contributed by atoms with Crippen LogP contribution in [0.15, 0.2) is 24.3 Å². The first-order valence-corrected chi connectivity index (χ1v) is 7.27. The Labute approximate surface area is 123 Å². The minimum Gasteiger partial charge on any atom is -0.356 e. The van der Waals surface area contributed by atoms with Crippen molar-refractivity contribution in [3.8, 4) is 0 Å². The minimum atomic E-state index is 0.0498. The number of nitrogens with zero attached hydrogens (tertiary/aromatic N) is 1. The average Bonchev–Trinajstić information content (AvgIpc) is 2.81. The number of likely N-dealkylation sites (tertiary alicyclic amines) is 1. The maximum absolute atomic E-state index is 12.4. The molecule has 3 rings (SSSR count). The van der Waals surface area contributed by atoms with Gasteiger partial charge in [-0.15, -0.1) is 0 Å². The van der Waals surface area contributed by atoms with Gasteiger partial charge in [0.25, 0.3) is 5.91 Å². The Morgan fingerprint density at radius 3 is 2.40 bits per heavy atom. The summed E-state index contributed by atoms with van der Waals surface area (Å²) in [6.45, 7) is 2.20. The molecule has 1 spiro atoms. The summed E-state index contributed by atoms with van der Waals surface area (Å²) >= 11 is 5.83. The average molecular weight is 293 g/mol.